The SMILES string of the molecule is CC(C)(CCO)CNC(=O)C(=O)N1CCc2c(Cl)cccc21. The molecule has 0 atom stereocenters. The minimum atomic E-state index is -0.626. The van der Waals surface area contributed by atoms with Crippen LogP contribution in [0.25, 0.3) is 0 Å². The number of carbonyl (C=O) groups excluding carboxylic acids is 2. The Bertz CT molecular complexity index is 587. The lowest BCUT2D eigenvalue weighted by Crippen LogP contribution is -2.45. The van der Waals surface area contributed by atoms with E-state index in [2.05, 4.69) is 5.32 Å². The Hall–Kier alpha value is -1.59. The number of aliphatic hydroxyl groups excluding tert-OH is 1. The van der Waals surface area contributed by atoms with E-state index < -0.39 is 11.8 Å². The van der Waals surface area contributed by atoms with Gasteiger partial charge in [0.1, 0.15) is 0 Å². The predicted molar refractivity (Wildman–Crippen MR) is 86.0 cm³/mol. The molecule has 2 N–H and O–H groups in total. The van der Waals surface area contributed by atoms with Gasteiger partial charge in [0.05, 0.1) is 0 Å². The number of nitrogens with one attached hydrogen (secondary N) is 1. The second-order valence-electron chi connectivity index (χ2n) is 6.26. The molecule has 1 aromatic carbocycles. The molecule has 1 aliphatic heterocycles. The van der Waals surface area contributed by atoms with Gasteiger partial charge in [0, 0.05) is 30.4 Å². The van der Waals surface area contributed by atoms with Crippen LogP contribution in [-0.2, 0) is 16.0 Å². The number of carbonyl (C=O) groups is 2. The zero-order valence-corrected chi connectivity index (χ0v) is 13.6. The molecule has 2 rings (SSSR count). The predicted octanol–water partition coefficient (Wildman–Crippen LogP) is 1.75. The smallest absolute Gasteiger partial charge is 0.316 e. The van der Waals surface area contributed by atoms with Gasteiger partial charge < -0.3 is 15.3 Å². The zero-order chi connectivity index (χ0) is 16.3. The van der Waals surface area contributed by atoms with E-state index >= 15 is 0 Å². The summed E-state index contributed by atoms with van der Waals surface area (Å²) >= 11 is 6.11. The Morgan fingerprint density at radius 3 is 2.82 bits per heavy atom. The molecule has 0 aliphatic carbocycles. The molecule has 2 amide bonds. The fourth-order valence-electron chi connectivity index (χ4n) is 2.51. The average Bonchev–Trinajstić information content (AvgIpc) is 2.89. The van der Waals surface area contributed by atoms with Crippen LogP contribution in [0.1, 0.15) is 25.8 Å². The summed E-state index contributed by atoms with van der Waals surface area (Å²) in [5.41, 5.74) is 1.37. The number of rotatable bonds is 4. The lowest BCUT2D eigenvalue weighted by Gasteiger charge is -2.24. The van der Waals surface area contributed by atoms with Crippen molar-refractivity contribution in [2.45, 2.75) is 26.7 Å². The van der Waals surface area contributed by atoms with Gasteiger partial charge in [-0.25, -0.2) is 0 Å². The van der Waals surface area contributed by atoms with Crippen LogP contribution in [0.3, 0.4) is 0 Å². The van der Waals surface area contributed by atoms with E-state index in [4.69, 9.17) is 16.7 Å². The highest BCUT2D eigenvalue weighted by Crippen LogP contribution is 2.33. The van der Waals surface area contributed by atoms with Gasteiger partial charge in [-0.3, -0.25) is 9.59 Å². The van der Waals surface area contributed by atoms with Crippen LogP contribution in [0.4, 0.5) is 5.69 Å². The summed E-state index contributed by atoms with van der Waals surface area (Å²) < 4.78 is 0. The molecule has 22 heavy (non-hydrogen) atoms. The summed E-state index contributed by atoms with van der Waals surface area (Å²) in [6.07, 6.45) is 1.22. The molecule has 1 aromatic rings. The third-order valence-electron chi connectivity index (χ3n) is 3.93. The van der Waals surface area contributed by atoms with Crippen LogP contribution in [-0.4, -0.2) is 36.6 Å². The number of hydrogen-bond donors (Lipinski definition) is 2. The van der Waals surface area contributed by atoms with E-state index in [0.29, 0.717) is 36.6 Å². The number of hydrogen-bond acceptors (Lipinski definition) is 3. The van der Waals surface area contributed by atoms with Crippen molar-refractivity contribution in [3.8, 4) is 0 Å². The lowest BCUT2D eigenvalue weighted by atomic mass is 9.90. The molecule has 0 fully saturated rings. The highest BCUT2D eigenvalue weighted by molar-refractivity contribution is 6.41. The normalized spacial score (nSPS) is 13.9. The molecular weight excluding hydrogens is 304 g/mol. The first-order valence-electron chi connectivity index (χ1n) is 7.34. The van der Waals surface area contributed by atoms with Gasteiger partial charge in [0.25, 0.3) is 0 Å². The van der Waals surface area contributed by atoms with Gasteiger partial charge in [-0.1, -0.05) is 31.5 Å². The first kappa shape index (κ1) is 16.8. The fourth-order valence-corrected chi connectivity index (χ4v) is 2.78. The molecule has 0 unspecified atom stereocenters. The van der Waals surface area contributed by atoms with Crippen molar-refractivity contribution < 1.29 is 14.7 Å². The Balaban J connectivity index is 2.02. The Labute approximate surface area is 135 Å². The number of nitrogens with zero attached hydrogens (tertiary/aromatic N) is 1. The maximum absolute atomic E-state index is 12.3. The minimum absolute atomic E-state index is 0.0504. The highest BCUT2D eigenvalue weighted by Gasteiger charge is 2.31. The Kier molecular flexibility index (Phi) is 5.08. The summed E-state index contributed by atoms with van der Waals surface area (Å²) in [4.78, 5) is 25.9. The molecule has 0 spiro atoms. The van der Waals surface area contributed by atoms with Crippen molar-refractivity contribution in [3.63, 3.8) is 0 Å². The van der Waals surface area contributed by atoms with E-state index in [-0.39, 0.29) is 12.0 Å². The molecule has 0 aromatic heterocycles. The van der Waals surface area contributed by atoms with E-state index in [0.717, 1.165) is 5.56 Å². The number of fused-ring (bicyclic) bond motifs is 1. The van der Waals surface area contributed by atoms with Gasteiger partial charge in [-0.15, -0.1) is 0 Å². The first-order valence-corrected chi connectivity index (χ1v) is 7.71. The summed E-state index contributed by atoms with van der Waals surface area (Å²) in [6.45, 7) is 4.71. The molecule has 1 aliphatic rings. The van der Waals surface area contributed by atoms with Crippen LogP contribution in [0, 0.1) is 5.41 Å². The fraction of sp³-hybridized carbons (Fsp3) is 0.500. The van der Waals surface area contributed by atoms with E-state index in [1.807, 2.05) is 13.8 Å². The monoisotopic (exact) mass is 324 g/mol. The number of anilines is 1. The Morgan fingerprint density at radius 1 is 1.41 bits per heavy atom. The topological polar surface area (TPSA) is 69.6 Å². The molecule has 0 saturated heterocycles. The standard InChI is InChI=1S/C16H21ClN2O3/c1-16(2,7-9-20)10-18-14(21)15(22)19-8-6-11-12(17)4-3-5-13(11)19/h3-5,20H,6-10H2,1-2H3,(H,18,21). The molecule has 0 saturated carbocycles. The number of benzene rings is 1. The van der Waals surface area contributed by atoms with E-state index in [1.165, 1.54) is 4.90 Å². The third kappa shape index (κ3) is 3.59. The maximum atomic E-state index is 12.3. The summed E-state index contributed by atoms with van der Waals surface area (Å²) in [6, 6.07) is 5.36. The molecule has 1 heterocycles. The number of amides is 2. The largest absolute Gasteiger partial charge is 0.396 e. The summed E-state index contributed by atoms with van der Waals surface area (Å²) in [5.74, 6) is -1.19. The van der Waals surface area contributed by atoms with Crippen LogP contribution < -0.4 is 10.2 Å². The average molecular weight is 325 g/mol. The maximum Gasteiger partial charge on any atom is 0.316 e. The van der Waals surface area contributed by atoms with Crippen LogP contribution >= 0.6 is 11.6 Å². The number of aliphatic hydroxyl groups is 1. The highest BCUT2D eigenvalue weighted by atomic mass is 35.5. The van der Waals surface area contributed by atoms with Crippen LogP contribution in [0.2, 0.25) is 5.02 Å². The van der Waals surface area contributed by atoms with E-state index in [1.54, 1.807) is 18.2 Å². The zero-order valence-electron chi connectivity index (χ0n) is 12.9. The first-order chi connectivity index (χ1) is 10.4. The summed E-state index contributed by atoms with van der Waals surface area (Å²) in [5, 5.41) is 12.3. The van der Waals surface area contributed by atoms with Gasteiger partial charge in [-0.05, 0) is 36.0 Å². The quantitative estimate of drug-likeness (QED) is 0.829. The molecule has 120 valence electrons. The summed E-state index contributed by atoms with van der Waals surface area (Å²) in [7, 11) is 0. The third-order valence-corrected chi connectivity index (χ3v) is 4.28. The van der Waals surface area contributed by atoms with Crippen LogP contribution in [0.5, 0.6) is 0 Å². The van der Waals surface area contributed by atoms with Gasteiger partial charge in [0.2, 0.25) is 0 Å². The molecular formula is C16H21ClN2O3. The lowest BCUT2D eigenvalue weighted by molar-refractivity contribution is -0.137. The van der Waals surface area contributed by atoms with Crippen molar-refractivity contribution >= 4 is 29.1 Å². The molecule has 6 heteroatoms. The van der Waals surface area contributed by atoms with Crippen molar-refractivity contribution in [1.29, 1.82) is 0 Å². The van der Waals surface area contributed by atoms with E-state index in [9.17, 15) is 9.59 Å². The molecule has 5 nitrogen and oxygen atoms in total. The molecule has 0 bridgehead atoms. The molecule has 0 radical (unpaired) electrons. The van der Waals surface area contributed by atoms with Gasteiger partial charge in [0.15, 0.2) is 0 Å². The van der Waals surface area contributed by atoms with Crippen molar-refractivity contribution in [2.24, 2.45) is 5.41 Å². The van der Waals surface area contributed by atoms with Gasteiger partial charge in [-0.2, -0.15) is 0 Å². The second kappa shape index (κ2) is 6.67. The van der Waals surface area contributed by atoms with Crippen molar-refractivity contribution in [2.75, 3.05) is 24.6 Å². The number of halogens is 1. The van der Waals surface area contributed by atoms with Crippen LogP contribution in [0.15, 0.2) is 18.2 Å². The van der Waals surface area contributed by atoms with Crippen molar-refractivity contribution in [3.05, 3.63) is 28.8 Å². The minimum Gasteiger partial charge on any atom is -0.396 e. The van der Waals surface area contributed by atoms with Crippen molar-refractivity contribution in [1.82, 2.24) is 5.32 Å². The Morgan fingerprint density at radius 2 is 2.14 bits per heavy atom. The van der Waals surface area contributed by atoms with Gasteiger partial charge >= 0.3 is 11.8 Å². The second-order valence-corrected chi connectivity index (χ2v) is 6.67.